The Balaban J connectivity index is 1.67. The Morgan fingerprint density at radius 2 is 1.83 bits per heavy atom. The SMILES string of the molecule is CCN(Cc1ccccc1)C(=O)CSc1nncc2ccccc12. The molecule has 5 heteroatoms. The molecule has 1 aromatic heterocycles. The second kappa shape index (κ2) is 7.93. The lowest BCUT2D eigenvalue weighted by atomic mass is 10.2. The number of rotatable bonds is 6. The smallest absolute Gasteiger partial charge is 0.233 e. The van der Waals surface area contributed by atoms with Crippen molar-refractivity contribution in [2.75, 3.05) is 12.3 Å². The van der Waals surface area contributed by atoms with E-state index in [4.69, 9.17) is 0 Å². The van der Waals surface area contributed by atoms with Gasteiger partial charge in [-0.2, -0.15) is 5.10 Å². The Bertz CT molecular complexity index is 818. The molecule has 0 atom stereocenters. The van der Waals surface area contributed by atoms with Crippen LogP contribution >= 0.6 is 11.8 Å². The maximum Gasteiger partial charge on any atom is 0.233 e. The van der Waals surface area contributed by atoms with Crippen LogP contribution in [0.25, 0.3) is 10.8 Å². The van der Waals surface area contributed by atoms with Crippen molar-refractivity contribution < 1.29 is 4.79 Å². The van der Waals surface area contributed by atoms with Crippen LogP contribution in [0.15, 0.2) is 65.8 Å². The Morgan fingerprint density at radius 3 is 2.62 bits per heavy atom. The van der Waals surface area contributed by atoms with Crippen LogP contribution in [0.3, 0.4) is 0 Å². The molecule has 0 aliphatic heterocycles. The predicted molar refractivity (Wildman–Crippen MR) is 97.8 cm³/mol. The zero-order chi connectivity index (χ0) is 16.8. The summed E-state index contributed by atoms with van der Waals surface area (Å²) in [6, 6.07) is 18.0. The third kappa shape index (κ3) is 3.92. The number of carbonyl (C=O) groups excluding carboxylic acids is 1. The van der Waals surface area contributed by atoms with E-state index in [1.165, 1.54) is 11.8 Å². The first-order valence-corrected chi connectivity index (χ1v) is 8.91. The van der Waals surface area contributed by atoms with Gasteiger partial charge in [0.2, 0.25) is 5.91 Å². The van der Waals surface area contributed by atoms with Crippen LogP contribution in [0.5, 0.6) is 0 Å². The van der Waals surface area contributed by atoms with Crippen molar-refractivity contribution in [2.45, 2.75) is 18.5 Å². The zero-order valence-corrected chi connectivity index (χ0v) is 14.4. The van der Waals surface area contributed by atoms with Crippen LogP contribution in [0, 0.1) is 0 Å². The molecule has 0 fully saturated rings. The number of carbonyl (C=O) groups is 1. The second-order valence-corrected chi connectivity index (χ2v) is 6.38. The fraction of sp³-hybridized carbons (Fsp3) is 0.211. The van der Waals surface area contributed by atoms with E-state index in [0.717, 1.165) is 21.4 Å². The van der Waals surface area contributed by atoms with Crippen LogP contribution < -0.4 is 0 Å². The van der Waals surface area contributed by atoms with E-state index < -0.39 is 0 Å². The number of aromatic nitrogens is 2. The van der Waals surface area contributed by atoms with E-state index in [1.54, 1.807) is 6.20 Å². The lowest BCUT2D eigenvalue weighted by molar-refractivity contribution is -0.128. The molecule has 0 saturated heterocycles. The maximum absolute atomic E-state index is 12.5. The van der Waals surface area contributed by atoms with Crippen molar-refractivity contribution in [2.24, 2.45) is 0 Å². The molecule has 0 aliphatic rings. The highest BCUT2D eigenvalue weighted by atomic mass is 32.2. The van der Waals surface area contributed by atoms with Crippen molar-refractivity contribution in [1.29, 1.82) is 0 Å². The molecule has 3 aromatic rings. The first-order valence-electron chi connectivity index (χ1n) is 7.93. The molecule has 0 unspecified atom stereocenters. The molecule has 3 rings (SSSR count). The first kappa shape index (κ1) is 16.5. The normalized spacial score (nSPS) is 10.7. The highest BCUT2D eigenvalue weighted by molar-refractivity contribution is 8.00. The highest BCUT2D eigenvalue weighted by Crippen LogP contribution is 2.24. The average Bonchev–Trinajstić information content (AvgIpc) is 2.65. The maximum atomic E-state index is 12.5. The molecular weight excluding hydrogens is 318 g/mol. The molecule has 0 spiro atoms. The summed E-state index contributed by atoms with van der Waals surface area (Å²) in [5.41, 5.74) is 1.14. The fourth-order valence-corrected chi connectivity index (χ4v) is 3.40. The van der Waals surface area contributed by atoms with Crippen LogP contribution in [0.1, 0.15) is 12.5 Å². The Morgan fingerprint density at radius 1 is 1.08 bits per heavy atom. The van der Waals surface area contributed by atoms with E-state index in [0.29, 0.717) is 18.8 Å². The number of thioether (sulfide) groups is 1. The molecule has 122 valence electrons. The van der Waals surface area contributed by atoms with Gasteiger partial charge in [-0.25, -0.2) is 0 Å². The van der Waals surface area contributed by atoms with Crippen LogP contribution in [0.2, 0.25) is 0 Å². The van der Waals surface area contributed by atoms with Gasteiger partial charge in [-0.05, 0) is 12.5 Å². The Kier molecular flexibility index (Phi) is 5.43. The molecule has 0 saturated carbocycles. The summed E-state index contributed by atoms with van der Waals surface area (Å²) >= 11 is 1.45. The molecule has 0 bridgehead atoms. The molecule has 0 radical (unpaired) electrons. The largest absolute Gasteiger partial charge is 0.338 e. The first-order chi connectivity index (χ1) is 11.8. The average molecular weight is 337 g/mol. The van der Waals surface area contributed by atoms with Gasteiger partial charge >= 0.3 is 0 Å². The quantitative estimate of drug-likeness (QED) is 0.642. The molecule has 2 aromatic carbocycles. The summed E-state index contributed by atoms with van der Waals surface area (Å²) in [4.78, 5) is 14.4. The van der Waals surface area contributed by atoms with Crippen molar-refractivity contribution >= 4 is 28.4 Å². The number of nitrogens with zero attached hydrogens (tertiary/aromatic N) is 3. The van der Waals surface area contributed by atoms with Gasteiger partial charge in [0.05, 0.1) is 11.9 Å². The van der Waals surface area contributed by atoms with Gasteiger partial charge in [-0.1, -0.05) is 66.4 Å². The van der Waals surface area contributed by atoms with Gasteiger partial charge in [0, 0.05) is 23.9 Å². The van der Waals surface area contributed by atoms with Gasteiger partial charge in [0.15, 0.2) is 0 Å². The second-order valence-electron chi connectivity index (χ2n) is 5.42. The van der Waals surface area contributed by atoms with Gasteiger partial charge in [-0.3, -0.25) is 4.79 Å². The van der Waals surface area contributed by atoms with Gasteiger partial charge in [0.25, 0.3) is 0 Å². The van der Waals surface area contributed by atoms with E-state index in [2.05, 4.69) is 10.2 Å². The lowest BCUT2D eigenvalue weighted by Crippen LogP contribution is -2.31. The monoisotopic (exact) mass is 337 g/mol. The highest BCUT2D eigenvalue weighted by Gasteiger charge is 2.14. The topological polar surface area (TPSA) is 46.1 Å². The summed E-state index contributed by atoms with van der Waals surface area (Å²) in [6.45, 7) is 3.33. The number of benzene rings is 2. The van der Waals surface area contributed by atoms with E-state index in [9.17, 15) is 4.79 Å². The number of hydrogen-bond acceptors (Lipinski definition) is 4. The van der Waals surface area contributed by atoms with Crippen LogP contribution in [-0.2, 0) is 11.3 Å². The van der Waals surface area contributed by atoms with Crippen LogP contribution in [-0.4, -0.2) is 33.3 Å². The summed E-state index contributed by atoms with van der Waals surface area (Å²) in [7, 11) is 0. The van der Waals surface area contributed by atoms with E-state index in [-0.39, 0.29) is 5.91 Å². The predicted octanol–water partition coefficient (Wildman–Crippen LogP) is 3.77. The summed E-state index contributed by atoms with van der Waals surface area (Å²) < 4.78 is 0. The summed E-state index contributed by atoms with van der Waals surface area (Å²) in [5.74, 6) is 0.477. The van der Waals surface area contributed by atoms with Gasteiger partial charge < -0.3 is 4.90 Å². The standard InChI is InChI=1S/C19H19N3OS/c1-2-22(13-15-8-4-3-5-9-15)18(23)14-24-19-17-11-7-6-10-16(17)12-20-21-19/h3-12H,2,13-14H2,1H3. The van der Waals surface area contributed by atoms with Crippen LogP contribution in [0.4, 0.5) is 0 Å². The summed E-state index contributed by atoms with van der Waals surface area (Å²) in [6.07, 6.45) is 1.75. The van der Waals surface area contributed by atoms with E-state index >= 15 is 0 Å². The minimum atomic E-state index is 0.112. The third-order valence-electron chi connectivity index (χ3n) is 3.82. The Labute approximate surface area is 145 Å². The molecule has 1 heterocycles. The van der Waals surface area contributed by atoms with Crippen molar-refractivity contribution in [3.63, 3.8) is 0 Å². The van der Waals surface area contributed by atoms with Crippen molar-refractivity contribution in [3.05, 3.63) is 66.4 Å². The molecule has 1 amide bonds. The Hall–Kier alpha value is -2.40. The molecule has 0 aliphatic carbocycles. The minimum absolute atomic E-state index is 0.112. The van der Waals surface area contributed by atoms with E-state index in [1.807, 2.05) is 66.4 Å². The molecule has 4 nitrogen and oxygen atoms in total. The van der Waals surface area contributed by atoms with Gasteiger partial charge in [-0.15, -0.1) is 5.10 Å². The molecule has 0 N–H and O–H groups in total. The third-order valence-corrected chi connectivity index (χ3v) is 4.79. The fourth-order valence-electron chi connectivity index (χ4n) is 2.51. The zero-order valence-electron chi connectivity index (χ0n) is 13.6. The molecule has 24 heavy (non-hydrogen) atoms. The number of hydrogen-bond donors (Lipinski definition) is 0. The number of fused-ring (bicyclic) bond motifs is 1. The number of amides is 1. The molecular formula is C19H19N3OS. The van der Waals surface area contributed by atoms with Gasteiger partial charge in [0.1, 0.15) is 5.03 Å². The minimum Gasteiger partial charge on any atom is -0.338 e. The summed E-state index contributed by atoms with van der Waals surface area (Å²) in [5, 5.41) is 11.1. The lowest BCUT2D eigenvalue weighted by Gasteiger charge is -2.20. The van der Waals surface area contributed by atoms with Crippen molar-refractivity contribution in [1.82, 2.24) is 15.1 Å². The van der Waals surface area contributed by atoms with Crippen molar-refractivity contribution in [3.8, 4) is 0 Å².